The first kappa shape index (κ1) is 13.9. The largest absolute Gasteiger partial charge is 0.382 e. The van der Waals surface area contributed by atoms with Gasteiger partial charge in [0.25, 0.3) is 0 Å². The molecule has 4 atom stereocenters. The van der Waals surface area contributed by atoms with Gasteiger partial charge in [0.05, 0.1) is 0 Å². The van der Waals surface area contributed by atoms with Gasteiger partial charge in [-0.1, -0.05) is 0 Å². The second-order valence-corrected chi connectivity index (χ2v) is 4.53. The van der Waals surface area contributed by atoms with Gasteiger partial charge in [-0.2, -0.15) is 0 Å². The molecule has 1 heterocycles. The molecule has 4 N–H and O–H groups in total. The molecule has 1 unspecified atom stereocenters. The van der Waals surface area contributed by atoms with E-state index >= 15 is 0 Å². The van der Waals surface area contributed by atoms with Crippen molar-refractivity contribution in [1.29, 1.82) is 0 Å². The van der Waals surface area contributed by atoms with Crippen LogP contribution >= 0.6 is 0 Å². The van der Waals surface area contributed by atoms with E-state index in [4.69, 9.17) is 0 Å². The highest BCUT2D eigenvalue weighted by atomic mass is 16.3. The predicted molar refractivity (Wildman–Crippen MR) is 63.2 cm³/mol. The molecule has 0 aromatic heterocycles. The van der Waals surface area contributed by atoms with E-state index in [1.165, 1.54) is 7.05 Å². The molecule has 0 spiro atoms. The van der Waals surface area contributed by atoms with Crippen LogP contribution in [0.5, 0.6) is 0 Å². The van der Waals surface area contributed by atoms with E-state index in [1.807, 2.05) is 6.92 Å². The van der Waals surface area contributed by atoms with E-state index in [9.17, 15) is 14.7 Å². The Hall–Kier alpha value is -1.14. The quantitative estimate of drug-likeness (QED) is 0.478. The first-order valence-electron chi connectivity index (χ1n) is 5.86. The summed E-state index contributed by atoms with van der Waals surface area (Å²) in [6.07, 6.45) is 0.0763. The minimum Gasteiger partial charge on any atom is -0.382 e. The van der Waals surface area contributed by atoms with Crippen molar-refractivity contribution < 1.29 is 14.7 Å². The molecule has 1 saturated heterocycles. The third-order valence-electron chi connectivity index (χ3n) is 3.20. The summed E-state index contributed by atoms with van der Waals surface area (Å²) in [7, 11) is 3.15. The summed E-state index contributed by atoms with van der Waals surface area (Å²) in [4.78, 5) is 22.9. The molecule has 98 valence electrons. The first-order chi connectivity index (χ1) is 7.99. The van der Waals surface area contributed by atoms with Gasteiger partial charge in [-0.15, -0.1) is 0 Å². The van der Waals surface area contributed by atoms with Crippen molar-refractivity contribution in [2.24, 2.45) is 5.92 Å². The predicted octanol–water partition coefficient (Wildman–Crippen LogP) is -1.40. The topological polar surface area (TPSA) is 90.5 Å². The molecule has 1 fully saturated rings. The molecule has 0 aliphatic carbocycles. The second kappa shape index (κ2) is 5.97. The maximum Gasteiger partial charge on any atom is 0.250 e. The van der Waals surface area contributed by atoms with Crippen LogP contribution in [-0.2, 0) is 9.59 Å². The number of rotatable bonds is 5. The number of carbonyl (C=O) groups is 2. The van der Waals surface area contributed by atoms with E-state index in [1.54, 1.807) is 7.05 Å². The summed E-state index contributed by atoms with van der Waals surface area (Å²) < 4.78 is 0. The minimum absolute atomic E-state index is 0.00172. The minimum atomic E-state index is -1.13. The van der Waals surface area contributed by atoms with Crippen molar-refractivity contribution >= 4 is 11.8 Å². The van der Waals surface area contributed by atoms with Crippen LogP contribution in [0.15, 0.2) is 0 Å². The van der Waals surface area contributed by atoms with Gasteiger partial charge in [-0.25, -0.2) is 0 Å². The molecule has 0 aromatic carbocycles. The van der Waals surface area contributed by atoms with Gasteiger partial charge < -0.3 is 21.1 Å². The molecule has 6 heteroatoms. The number of aliphatic hydroxyl groups excluding tert-OH is 1. The molecular formula is C11H21N3O3. The van der Waals surface area contributed by atoms with Crippen molar-refractivity contribution in [3.05, 3.63) is 0 Å². The lowest BCUT2D eigenvalue weighted by atomic mass is 9.93. The second-order valence-electron chi connectivity index (χ2n) is 4.53. The summed E-state index contributed by atoms with van der Waals surface area (Å²) in [6.45, 7) is 1.95. The van der Waals surface area contributed by atoms with Crippen molar-refractivity contribution in [2.75, 3.05) is 14.1 Å². The molecule has 0 radical (unpaired) electrons. The molecule has 0 saturated carbocycles. The number of amides is 2. The van der Waals surface area contributed by atoms with Crippen molar-refractivity contribution in [3.63, 3.8) is 0 Å². The monoisotopic (exact) mass is 243 g/mol. The van der Waals surface area contributed by atoms with E-state index < -0.39 is 18.1 Å². The van der Waals surface area contributed by atoms with Crippen LogP contribution in [0.2, 0.25) is 0 Å². The highest BCUT2D eigenvalue weighted by molar-refractivity contribution is 5.82. The van der Waals surface area contributed by atoms with Crippen LogP contribution in [0, 0.1) is 5.92 Å². The van der Waals surface area contributed by atoms with Gasteiger partial charge in [0.1, 0.15) is 6.10 Å². The van der Waals surface area contributed by atoms with E-state index in [-0.39, 0.29) is 17.9 Å². The zero-order valence-corrected chi connectivity index (χ0v) is 10.5. The maximum absolute atomic E-state index is 11.6. The molecule has 2 amide bonds. The van der Waals surface area contributed by atoms with Crippen LogP contribution < -0.4 is 16.0 Å². The van der Waals surface area contributed by atoms with Gasteiger partial charge in [0, 0.05) is 25.0 Å². The fourth-order valence-electron chi connectivity index (χ4n) is 2.20. The molecule has 0 aromatic rings. The van der Waals surface area contributed by atoms with Crippen molar-refractivity contribution in [1.82, 2.24) is 16.0 Å². The third-order valence-corrected chi connectivity index (χ3v) is 3.20. The van der Waals surface area contributed by atoms with Gasteiger partial charge in [0.2, 0.25) is 11.8 Å². The fraction of sp³-hybridized carbons (Fsp3) is 0.818. The zero-order valence-electron chi connectivity index (χ0n) is 10.5. The van der Waals surface area contributed by atoms with Crippen LogP contribution in [-0.4, -0.2) is 49.2 Å². The number of aliphatic hydroxyl groups is 1. The van der Waals surface area contributed by atoms with E-state index in [0.717, 1.165) is 6.42 Å². The highest BCUT2D eigenvalue weighted by Gasteiger charge is 2.34. The van der Waals surface area contributed by atoms with E-state index in [2.05, 4.69) is 16.0 Å². The van der Waals surface area contributed by atoms with Crippen LogP contribution in [0.4, 0.5) is 0 Å². The summed E-state index contributed by atoms with van der Waals surface area (Å²) in [5, 5.41) is 17.9. The number of nitrogens with one attached hydrogen (secondary N) is 3. The number of likely N-dealkylation sites (N-methyl/N-ethyl adjacent to an activating group) is 2. The Morgan fingerprint density at radius 3 is 2.65 bits per heavy atom. The van der Waals surface area contributed by atoms with Crippen molar-refractivity contribution in [2.45, 2.75) is 38.0 Å². The van der Waals surface area contributed by atoms with Gasteiger partial charge in [-0.05, 0) is 26.8 Å². The lowest BCUT2D eigenvalue weighted by Crippen LogP contribution is -2.48. The summed E-state index contributed by atoms with van der Waals surface area (Å²) in [5.41, 5.74) is 0. The van der Waals surface area contributed by atoms with Crippen LogP contribution in [0.1, 0.15) is 19.8 Å². The standard InChI is InChI=1S/C11H21N3O3/c1-6-4-7(10(16)14-6)5-8(12-2)9(15)11(17)13-3/h6-9,12,15H,4-5H2,1-3H3,(H,13,17)(H,14,16)/t6-,7+,8+,9?/m1/s1. The Bertz CT molecular complexity index is 296. The summed E-state index contributed by atoms with van der Waals surface area (Å²) in [6, 6.07) is -0.238. The van der Waals surface area contributed by atoms with Gasteiger partial charge >= 0.3 is 0 Å². The average Bonchev–Trinajstić information content (AvgIpc) is 2.62. The van der Waals surface area contributed by atoms with Crippen LogP contribution in [0.3, 0.4) is 0 Å². The number of hydrogen-bond acceptors (Lipinski definition) is 4. The van der Waals surface area contributed by atoms with Crippen LogP contribution in [0.25, 0.3) is 0 Å². The average molecular weight is 243 g/mol. The normalized spacial score (nSPS) is 27.4. The molecule has 1 aliphatic heterocycles. The lowest BCUT2D eigenvalue weighted by molar-refractivity contribution is -0.131. The number of carbonyl (C=O) groups excluding carboxylic acids is 2. The zero-order chi connectivity index (χ0) is 13.0. The highest BCUT2D eigenvalue weighted by Crippen LogP contribution is 2.21. The molecule has 6 nitrogen and oxygen atoms in total. The molecule has 0 bridgehead atoms. The Kier molecular flexibility index (Phi) is 4.89. The molecule has 17 heavy (non-hydrogen) atoms. The molecule has 1 aliphatic rings. The lowest BCUT2D eigenvalue weighted by Gasteiger charge is -2.23. The fourth-order valence-corrected chi connectivity index (χ4v) is 2.20. The maximum atomic E-state index is 11.6. The Labute approximate surface area is 101 Å². The van der Waals surface area contributed by atoms with Gasteiger partial charge in [-0.3, -0.25) is 9.59 Å². The smallest absolute Gasteiger partial charge is 0.250 e. The van der Waals surface area contributed by atoms with Crippen molar-refractivity contribution in [3.8, 4) is 0 Å². The SMILES string of the molecule is CNC(=O)C(O)[C@H](C[C@@H]1C[C@@H](C)NC1=O)NC. The molecule has 1 rings (SSSR count). The summed E-state index contributed by atoms with van der Waals surface area (Å²) >= 11 is 0. The van der Waals surface area contributed by atoms with E-state index in [0.29, 0.717) is 6.42 Å². The summed E-state index contributed by atoms with van der Waals surface area (Å²) in [5.74, 6) is -0.570. The Morgan fingerprint density at radius 1 is 1.59 bits per heavy atom. The third kappa shape index (κ3) is 3.41. The Morgan fingerprint density at radius 2 is 2.24 bits per heavy atom. The van der Waals surface area contributed by atoms with Gasteiger partial charge in [0.15, 0.2) is 0 Å². The first-order valence-corrected chi connectivity index (χ1v) is 5.86. The number of hydrogen-bond donors (Lipinski definition) is 4. The Balaban J connectivity index is 2.58. The molecular weight excluding hydrogens is 222 g/mol.